The Hall–Kier alpha value is -2.37. The van der Waals surface area contributed by atoms with Crippen LogP contribution in [0.15, 0.2) is 22.7 Å². The van der Waals surface area contributed by atoms with Crippen molar-refractivity contribution in [3.05, 3.63) is 41.0 Å². The number of rotatable bonds is 4. The van der Waals surface area contributed by atoms with Crippen LogP contribution in [0.2, 0.25) is 0 Å². The van der Waals surface area contributed by atoms with Gasteiger partial charge in [-0.2, -0.15) is 4.98 Å². The first-order chi connectivity index (χ1) is 11.5. The maximum Gasteiger partial charge on any atom is 0.261 e. The molecular formula is C18H23N3O3. The average molecular weight is 329 g/mol. The van der Waals surface area contributed by atoms with E-state index in [0.29, 0.717) is 18.3 Å². The van der Waals surface area contributed by atoms with Crippen LogP contribution < -0.4 is 4.74 Å². The predicted octanol–water partition coefficient (Wildman–Crippen LogP) is 3.13. The fourth-order valence-electron chi connectivity index (χ4n) is 3.18. The zero-order valence-electron chi connectivity index (χ0n) is 14.4. The third-order valence-electron chi connectivity index (χ3n) is 4.21. The van der Waals surface area contributed by atoms with E-state index in [0.717, 1.165) is 36.1 Å². The second-order valence-corrected chi connectivity index (χ2v) is 6.39. The van der Waals surface area contributed by atoms with Gasteiger partial charge < -0.3 is 14.2 Å². The molecule has 0 saturated carbocycles. The fourth-order valence-corrected chi connectivity index (χ4v) is 3.18. The molecule has 1 aromatic carbocycles. The van der Waals surface area contributed by atoms with Crippen LogP contribution >= 0.6 is 0 Å². The summed E-state index contributed by atoms with van der Waals surface area (Å²) >= 11 is 0. The van der Waals surface area contributed by atoms with Gasteiger partial charge >= 0.3 is 0 Å². The van der Waals surface area contributed by atoms with Gasteiger partial charge in [0.25, 0.3) is 5.91 Å². The van der Waals surface area contributed by atoms with Crippen LogP contribution in [0.3, 0.4) is 0 Å². The fraction of sp³-hybridized carbons (Fsp3) is 0.500. The Morgan fingerprint density at radius 3 is 2.67 bits per heavy atom. The second-order valence-electron chi connectivity index (χ2n) is 6.39. The highest BCUT2D eigenvalue weighted by atomic mass is 16.5. The molecule has 6 heteroatoms. The van der Waals surface area contributed by atoms with Gasteiger partial charge in [-0.25, -0.2) is 0 Å². The number of benzene rings is 1. The summed E-state index contributed by atoms with van der Waals surface area (Å²) in [7, 11) is 0. The standard InChI is InChI=1S/C18H23N3O3/c1-12-8-13(2)10-15(9-12)23-11-17(22)21-7-5-4-6-16(21)18-19-14(3)20-24-18/h8-10,16H,4-7,11H2,1-3H3/t16-/m1/s1. The van der Waals surface area contributed by atoms with Crippen LogP contribution in [0, 0.1) is 20.8 Å². The Morgan fingerprint density at radius 1 is 1.25 bits per heavy atom. The first kappa shape index (κ1) is 16.5. The number of piperidine rings is 1. The zero-order valence-corrected chi connectivity index (χ0v) is 14.4. The molecule has 128 valence electrons. The number of aromatic nitrogens is 2. The highest BCUT2D eigenvalue weighted by molar-refractivity contribution is 5.78. The van der Waals surface area contributed by atoms with Crippen LogP contribution in [-0.2, 0) is 4.79 Å². The lowest BCUT2D eigenvalue weighted by Crippen LogP contribution is -2.41. The van der Waals surface area contributed by atoms with Crippen LogP contribution in [0.1, 0.15) is 48.1 Å². The molecule has 1 amide bonds. The third-order valence-corrected chi connectivity index (χ3v) is 4.21. The normalized spacial score (nSPS) is 17.8. The van der Waals surface area contributed by atoms with Crippen LogP contribution in [0.25, 0.3) is 0 Å². The summed E-state index contributed by atoms with van der Waals surface area (Å²) in [6.45, 7) is 6.53. The van der Waals surface area contributed by atoms with Crippen LogP contribution in [-0.4, -0.2) is 34.1 Å². The summed E-state index contributed by atoms with van der Waals surface area (Å²) in [6, 6.07) is 5.81. The van der Waals surface area contributed by atoms with Gasteiger partial charge in [0.1, 0.15) is 11.8 Å². The van der Waals surface area contributed by atoms with Crippen molar-refractivity contribution in [3.63, 3.8) is 0 Å². The Kier molecular flexibility index (Phi) is 4.83. The quantitative estimate of drug-likeness (QED) is 0.862. The molecule has 1 saturated heterocycles. The topological polar surface area (TPSA) is 68.5 Å². The summed E-state index contributed by atoms with van der Waals surface area (Å²) in [5, 5.41) is 3.84. The zero-order chi connectivity index (χ0) is 17.1. The number of carbonyl (C=O) groups excluding carboxylic acids is 1. The number of aryl methyl sites for hydroxylation is 3. The van der Waals surface area contributed by atoms with E-state index < -0.39 is 0 Å². The molecule has 2 heterocycles. The van der Waals surface area contributed by atoms with E-state index in [2.05, 4.69) is 16.2 Å². The van der Waals surface area contributed by atoms with E-state index in [1.54, 1.807) is 11.8 Å². The van der Waals surface area contributed by atoms with Crippen molar-refractivity contribution in [2.45, 2.75) is 46.1 Å². The molecule has 1 aromatic heterocycles. The smallest absolute Gasteiger partial charge is 0.261 e. The molecule has 0 N–H and O–H groups in total. The van der Waals surface area contributed by atoms with E-state index in [4.69, 9.17) is 9.26 Å². The summed E-state index contributed by atoms with van der Waals surface area (Å²) in [6.07, 6.45) is 2.88. The summed E-state index contributed by atoms with van der Waals surface area (Å²) in [5.41, 5.74) is 2.24. The van der Waals surface area contributed by atoms with Gasteiger partial charge in [0.2, 0.25) is 5.89 Å². The molecule has 1 fully saturated rings. The molecule has 0 radical (unpaired) electrons. The minimum atomic E-state index is -0.143. The van der Waals surface area contributed by atoms with Gasteiger partial charge in [0.05, 0.1) is 0 Å². The van der Waals surface area contributed by atoms with Crippen molar-refractivity contribution in [2.75, 3.05) is 13.2 Å². The lowest BCUT2D eigenvalue weighted by atomic mass is 10.0. The van der Waals surface area contributed by atoms with Crippen molar-refractivity contribution >= 4 is 5.91 Å². The van der Waals surface area contributed by atoms with Gasteiger partial charge in [-0.05, 0) is 63.3 Å². The Balaban J connectivity index is 1.68. The lowest BCUT2D eigenvalue weighted by molar-refractivity contribution is -0.138. The molecule has 0 spiro atoms. The van der Waals surface area contributed by atoms with Crippen molar-refractivity contribution in [1.29, 1.82) is 0 Å². The van der Waals surface area contributed by atoms with Crippen molar-refractivity contribution < 1.29 is 14.1 Å². The maximum absolute atomic E-state index is 12.6. The Morgan fingerprint density at radius 2 is 2.00 bits per heavy atom. The number of carbonyl (C=O) groups is 1. The largest absolute Gasteiger partial charge is 0.484 e. The Labute approximate surface area is 141 Å². The monoisotopic (exact) mass is 329 g/mol. The third kappa shape index (κ3) is 3.75. The van der Waals surface area contributed by atoms with E-state index in [1.807, 2.05) is 26.0 Å². The Bertz CT molecular complexity index is 706. The van der Waals surface area contributed by atoms with E-state index >= 15 is 0 Å². The van der Waals surface area contributed by atoms with Crippen molar-refractivity contribution in [1.82, 2.24) is 15.0 Å². The van der Waals surface area contributed by atoms with E-state index in [1.165, 1.54) is 0 Å². The minimum Gasteiger partial charge on any atom is -0.484 e. The molecule has 24 heavy (non-hydrogen) atoms. The van der Waals surface area contributed by atoms with Gasteiger partial charge in [0.15, 0.2) is 12.4 Å². The minimum absolute atomic E-state index is 0.0203. The van der Waals surface area contributed by atoms with Crippen LogP contribution in [0.4, 0.5) is 0 Å². The summed E-state index contributed by atoms with van der Waals surface area (Å²) < 4.78 is 11.0. The molecule has 0 bridgehead atoms. The van der Waals surface area contributed by atoms with Gasteiger partial charge in [-0.3, -0.25) is 4.79 Å². The maximum atomic E-state index is 12.6. The molecule has 0 aliphatic carbocycles. The highest BCUT2D eigenvalue weighted by Crippen LogP contribution is 2.30. The predicted molar refractivity (Wildman–Crippen MR) is 88.8 cm³/mol. The first-order valence-corrected chi connectivity index (χ1v) is 8.34. The average Bonchev–Trinajstić information content (AvgIpc) is 2.98. The van der Waals surface area contributed by atoms with Gasteiger partial charge in [-0.15, -0.1) is 0 Å². The van der Waals surface area contributed by atoms with Gasteiger partial charge in [0, 0.05) is 6.54 Å². The number of hydrogen-bond donors (Lipinski definition) is 0. The van der Waals surface area contributed by atoms with E-state index in [9.17, 15) is 4.79 Å². The number of nitrogens with zero attached hydrogens (tertiary/aromatic N) is 3. The molecular weight excluding hydrogens is 306 g/mol. The molecule has 1 aliphatic rings. The second kappa shape index (κ2) is 7.03. The molecule has 1 atom stereocenters. The first-order valence-electron chi connectivity index (χ1n) is 8.34. The SMILES string of the molecule is Cc1cc(C)cc(OCC(=O)N2CCCC[C@@H]2c2nc(C)no2)c1. The highest BCUT2D eigenvalue weighted by Gasteiger charge is 2.32. The number of ether oxygens (including phenoxy) is 1. The molecule has 1 aliphatic heterocycles. The molecule has 2 aromatic rings. The summed E-state index contributed by atoms with van der Waals surface area (Å²) in [5.74, 6) is 1.79. The number of likely N-dealkylation sites (tertiary alicyclic amines) is 1. The van der Waals surface area contributed by atoms with Gasteiger partial charge in [-0.1, -0.05) is 11.2 Å². The van der Waals surface area contributed by atoms with Crippen molar-refractivity contribution in [2.24, 2.45) is 0 Å². The molecule has 3 rings (SSSR count). The summed E-state index contributed by atoms with van der Waals surface area (Å²) in [4.78, 5) is 18.7. The van der Waals surface area contributed by atoms with Crippen molar-refractivity contribution in [3.8, 4) is 5.75 Å². The number of hydrogen-bond acceptors (Lipinski definition) is 5. The molecule has 6 nitrogen and oxygen atoms in total. The lowest BCUT2D eigenvalue weighted by Gasteiger charge is -2.33. The number of amides is 1. The van der Waals surface area contributed by atoms with Crippen LogP contribution in [0.5, 0.6) is 5.75 Å². The molecule has 0 unspecified atom stereocenters. The van der Waals surface area contributed by atoms with E-state index in [-0.39, 0.29) is 18.6 Å².